The number of rotatable bonds is 6. The number of amides is 1. The molecule has 144 valence electrons. The molecule has 1 heterocycles. The lowest BCUT2D eigenvalue weighted by Crippen LogP contribution is -2.31. The van der Waals surface area contributed by atoms with Crippen LogP contribution in [0, 0.1) is 6.92 Å². The van der Waals surface area contributed by atoms with Gasteiger partial charge in [-0.05, 0) is 39.8 Å². The van der Waals surface area contributed by atoms with E-state index >= 15 is 0 Å². The van der Waals surface area contributed by atoms with Crippen molar-refractivity contribution < 1.29 is 14.3 Å². The van der Waals surface area contributed by atoms with Gasteiger partial charge in [0.05, 0.1) is 6.61 Å². The first kappa shape index (κ1) is 20.5. The lowest BCUT2D eigenvalue weighted by Gasteiger charge is -2.21. The molecule has 0 saturated heterocycles. The van der Waals surface area contributed by atoms with Gasteiger partial charge in [0.15, 0.2) is 11.0 Å². The molecular formula is C18H22N4O4S. The maximum absolute atomic E-state index is 12.3. The first-order chi connectivity index (χ1) is 12.6. The number of aryl methyl sites for hydroxylation is 1. The van der Waals surface area contributed by atoms with E-state index in [2.05, 4.69) is 15.3 Å². The van der Waals surface area contributed by atoms with Crippen molar-refractivity contribution in [3.8, 4) is 0 Å². The second kappa shape index (κ2) is 8.26. The van der Waals surface area contributed by atoms with Gasteiger partial charge in [-0.3, -0.25) is 19.4 Å². The number of nitrogens with two attached hydrogens (primary N) is 1. The summed E-state index contributed by atoms with van der Waals surface area (Å²) in [7, 11) is 0. The molecule has 2 aromatic rings. The van der Waals surface area contributed by atoms with Crippen LogP contribution in [0.3, 0.4) is 0 Å². The number of carbonyl (C=O) groups excluding carboxylic acids is 2. The van der Waals surface area contributed by atoms with Crippen LogP contribution in [0.1, 0.15) is 36.7 Å². The van der Waals surface area contributed by atoms with Gasteiger partial charge in [0.1, 0.15) is 10.4 Å². The molecule has 1 aromatic carbocycles. The summed E-state index contributed by atoms with van der Waals surface area (Å²) in [6.45, 7) is 7.17. The smallest absolute Gasteiger partial charge is 0.322 e. The second-order valence-electron chi connectivity index (χ2n) is 6.28. The Labute approximate surface area is 160 Å². The van der Waals surface area contributed by atoms with Gasteiger partial charge in [-0.25, -0.2) is 4.98 Å². The molecule has 2 rings (SSSR count). The van der Waals surface area contributed by atoms with Crippen molar-refractivity contribution in [1.82, 2.24) is 9.97 Å². The van der Waals surface area contributed by atoms with E-state index < -0.39 is 22.2 Å². The third-order valence-corrected chi connectivity index (χ3v) is 4.66. The Morgan fingerprint density at radius 2 is 1.93 bits per heavy atom. The summed E-state index contributed by atoms with van der Waals surface area (Å²) in [6.07, 6.45) is 0. The van der Waals surface area contributed by atoms with Gasteiger partial charge in [0.2, 0.25) is 0 Å². The first-order valence-electron chi connectivity index (χ1n) is 8.28. The highest BCUT2D eigenvalue weighted by Crippen LogP contribution is 2.31. The topological polar surface area (TPSA) is 127 Å². The van der Waals surface area contributed by atoms with Gasteiger partial charge in [0.25, 0.3) is 11.5 Å². The van der Waals surface area contributed by atoms with Crippen molar-refractivity contribution >= 4 is 35.1 Å². The summed E-state index contributed by atoms with van der Waals surface area (Å²) in [4.78, 5) is 43.2. The highest BCUT2D eigenvalue weighted by atomic mass is 32.2. The number of H-pyrrole nitrogens is 1. The Morgan fingerprint density at radius 3 is 2.48 bits per heavy atom. The van der Waals surface area contributed by atoms with Crippen LogP contribution in [-0.4, -0.2) is 33.2 Å². The Hall–Kier alpha value is -2.81. The third-order valence-electron chi connectivity index (χ3n) is 3.60. The van der Waals surface area contributed by atoms with Crippen LogP contribution in [0.15, 0.2) is 34.2 Å². The Balaban J connectivity index is 2.21. The molecule has 0 radical (unpaired) electrons. The third kappa shape index (κ3) is 5.10. The van der Waals surface area contributed by atoms with Gasteiger partial charge in [-0.1, -0.05) is 29.5 Å². The van der Waals surface area contributed by atoms with E-state index in [1.807, 2.05) is 6.92 Å². The number of hydrogen-bond acceptors (Lipinski definition) is 7. The van der Waals surface area contributed by atoms with Crippen LogP contribution in [0.4, 0.5) is 11.5 Å². The van der Waals surface area contributed by atoms with E-state index in [-0.39, 0.29) is 23.3 Å². The number of ether oxygens (including phenoxy) is 1. The molecule has 8 nitrogen and oxygen atoms in total. The van der Waals surface area contributed by atoms with Crippen molar-refractivity contribution in [3.05, 3.63) is 45.7 Å². The molecule has 0 saturated carbocycles. The van der Waals surface area contributed by atoms with Crippen LogP contribution in [0.2, 0.25) is 0 Å². The summed E-state index contributed by atoms with van der Waals surface area (Å²) >= 11 is 1.01. The number of benzene rings is 1. The fraction of sp³-hybridized carbons (Fsp3) is 0.333. The van der Waals surface area contributed by atoms with Gasteiger partial charge in [-0.15, -0.1) is 0 Å². The molecular weight excluding hydrogens is 368 g/mol. The zero-order valence-corrected chi connectivity index (χ0v) is 16.4. The minimum Gasteiger partial charge on any atom is -0.465 e. The van der Waals surface area contributed by atoms with Crippen LogP contribution < -0.4 is 16.6 Å². The van der Waals surface area contributed by atoms with E-state index in [1.54, 1.807) is 45.0 Å². The van der Waals surface area contributed by atoms with E-state index in [1.165, 1.54) is 0 Å². The highest BCUT2D eigenvalue weighted by Gasteiger charge is 2.32. The Morgan fingerprint density at radius 1 is 1.30 bits per heavy atom. The van der Waals surface area contributed by atoms with E-state index in [0.717, 1.165) is 17.3 Å². The van der Waals surface area contributed by atoms with Gasteiger partial charge < -0.3 is 15.8 Å². The number of nitrogens with zero attached hydrogens (tertiary/aromatic N) is 1. The molecule has 1 amide bonds. The highest BCUT2D eigenvalue weighted by molar-refractivity contribution is 8.01. The predicted octanol–water partition coefficient (Wildman–Crippen LogP) is 2.35. The minimum absolute atomic E-state index is 0.138. The fourth-order valence-corrected chi connectivity index (χ4v) is 3.03. The minimum atomic E-state index is -0.967. The van der Waals surface area contributed by atoms with Gasteiger partial charge in [0, 0.05) is 5.56 Å². The maximum atomic E-state index is 12.3. The van der Waals surface area contributed by atoms with Crippen LogP contribution >= 0.6 is 11.8 Å². The zero-order chi connectivity index (χ0) is 20.2. The molecule has 9 heteroatoms. The average molecular weight is 390 g/mol. The quantitative estimate of drug-likeness (QED) is 0.392. The van der Waals surface area contributed by atoms with Crippen LogP contribution in [0.25, 0.3) is 0 Å². The number of nitrogen functional groups attached to an aromatic ring is 1. The number of nitrogens with one attached hydrogen (secondary N) is 2. The first-order valence-corrected chi connectivity index (χ1v) is 9.09. The molecule has 0 fully saturated rings. The molecule has 0 aliphatic heterocycles. The molecule has 0 unspecified atom stereocenters. The molecule has 0 atom stereocenters. The zero-order valence-electron chi connectivity index (χ0n) is 15.6. The lowest BCUT2D eigenvalue weighted by molar-refractivity contribution is -0.145. The largest absolute Gasteiger partial charge is 0.465 e. The lowest BCUT2D eigenvalue weighted by atomic mass is 10.1. The number of aromatic nitrogens is 2. The monoisotopic (exact) mass is 390 g/mol. The summed E-state index contributed by atoms with van der Waals surface area (Å²) < 4.78 is 4.04. The maximum Gasteiger partial charge on any atom is 0.322 e. The SMILES string of the molecule is CCOC(=O)C(C)(C)Sc1nc(N)c(NC(=O)c2ccc(C)cc2)c(=O)[nH]1. The molecule has 0 bridgehead atoms. The molecule has 0 spiro atoms. The van der Waals surface area contributed by atoms with E-state index in [0.29, 0.717) is 5.56 Å². The number of carbonyl (C=O) groups is 2. The van der Waals surface area contributed by atoms with Gasteiger partial charge in [-0.2, -0.15) is 0 Å². The predicted molar refractivity (Wildman–Crippen MR) is 105 cm³/mol. The summed E-state index contributed by atoms with van der Waals surface area (Å²) in [5.41, 5.74) is 6.51. The summed E-state index contributed by atoms with van der Waals surface area (Å²) in [5.74, 6) is -1.05. The number of esters is 1. The molecule has 0 aliphatic carbocycles. The van der Waals surface area contributed by atoms with Gasteiger partial charge >= 0.3 is 5.97 Å². The van der Waals surface area contributed by atoms with E-state index in [9.17, 15) is 14.4 Å². The van der Waals surface area contributed by atoms with Crippen LogP contribution in [0.5, 0.6) is 0 Å². The normalized spacial score (nSPS) is 11.1. The van der Waals surface area contributed by atoms with Crippen molar-refractivity contribution in [3.63, 3.8) is 0 Å². The summed E-state index contributed by atoms with van der Waals surface area (Å²) in [6, 6.07) is 6.87. The Bertz CT molecular complexity index is 907. The number of thioether (sulfide) groups is 1. The van der Waals surface area contributed by atoms with E-state index in [4.69, 9.17) is 10.5 Å². The summed E-state index contributed by atoms with van der Waals surface area (Å²) in [5, 5.41) is 2.63. The van der Waals surface area contributed by atoms with Crippen molar-refractivity contribution in [2.45, 2.75) is 37.6 Å². The standard InChI is InChI=1S/C18H22N4O4S/c1-5-26-16(25)18(3,4)27-17-21-13(19)12(15(24)22-17)20-14(23)11-8-6-10(2)7-9-11/h6-9H,5H2,1-4H3,(H,20,23)(H3,19,21,22,24). The molecule has 1 aromatic heterocycles. The second-order valence-corrected chi connectivity index (χ2v) is 7.90. The number of anilines is 2. The molecule has 4 N–H and O–H groups in total. The molecule has 0 aliphatic rings. The van der Waals surface area contributed by atoms with Crippen molar-refractivity contribution in [2.75, 3.05) is 17.7 Å². The van der Waals surface area contributed by atoms with Crippen molar-refractivity contribution in [2.24, 2.45) is 0 Å². The fourth-order valence-electron chi connectivity index (χ4n) is 2.12. The number of hydrogen-bond donors (Lipinski definition) is 3. The number of aromatic amines is 1. The van der Waals surface area contributed by atoms with Crippen LogP contribution in [-0.2, 0) is 9.53 Å². The molecule has 27 heavy (non-hydrogen) atoms. The average Bonchev–Trinajstić information content (AvgIpc) is 2.58. The Kier molecular flexibility index (Phi) is 6.27. The van der Waals surface area contributed by atoms with Crippen molar-refractivity contribution in [1.29, 1.82) is 0 Å².